The highest BCUT2D eigenvalue weighted by atomic mass is 16.1. The summed E-state index contributed by atoms with van der Waals surface area (Å²) < 4.78 is 0. The molecule has 0 fully saturated rings. The van der Waals surface area contributed by atoms with Gasteiger partial charge < -0.3 is 5.32 Å². The van der Waals surface area contributed by atoms with Crippen molar-refractivity contribution in [3.8, 4) is 0 Å². The molecule has 0 aliphatic heterocycles. The van der Waals surface area contributed by atoms with Crippen molar-refractivity contribution < 1.29 is 4.79 Å². The predicted molar refractivity (Wildman–Crippen MR) is 67.9 cm³/mol. The maximum atomic E-state index is 11.2. The van der Waals surface area contributed by atoms with Crippen LogP contribution in [0.25, 0.3) is 6.08 Å². The van der Waals surface area contributed by atoms with Gasteiger partial charge in [0.2, 0.25) is 5.91 Å². The quantitative estimate of drug-likeness (QED) is 0.607. The highest BCUT2D eigenvalue weighted by Gasteiger charge is 1.95. The fourth-order valence-corrected chi connectivity index (χ4v) is 1.21. The van der Waals surface area contributed by atoms with Crippen LogP contribution in [-0.4, -0.2) is 11.9 Å². The zero-order valence-corrected chi connectivity index (χ0v) is 9.68. The first-order chi connectivity index (χ1) is 7.68. The molecule has 1 amide bonds. The molecule has 0 aromatic heterocycles. The maximum absolute atomic E-state index is 11.2. The average molecular weight is 215 g/mol. The van der Waals surface area contributed by atoms with Gasteiger partial charge in [-0.05, 0) is 19.4 Å². The second-order valence-corrected chi connectivity index (χ2v) is 3.79. The molecular weight excluding hydrogens is 198 g/mol. The molecule has 0 bridgehead atoms. The molecule has 16 heavy (non-hydrogen) atoms. The largest absolute Gasteiger partial charge is 0.350 e. The second kappa shape index (κ2) is 6.62. The highest BCUT2D eigenvalue weighted by Crippen LogP contribution is 2.00. The molecule has 0 spiro atoms. The molecule has 0 radical (unpaired) electrons. The van der Waals surface area contributed by atoms with Crippen LogP contribution < -0.4 is 5.32 Å². The molecule has 2 heteroatoms. The Kier molecular flexibility index (Phi) is 5.06. The first-order valence-corrected chi connectivity index (χ1v) is 5.39. The molecule has 1 aromatic carbocycles. The van der Waals surface area contributed by atoms with E-state index in [-0.39, 0.29) is 11.9 Å². The van der Waals surface area contributed by atoms with Crippen molar-refractivity contribution in [3.05, 3.63) is 54.1 Å². The Hall–Kier alpha value is -1.83. The molecule has 0 unspecified atom stereocenters. The average Bonchev–Trinajstić information content (AvgIpc) is 2.25. The molecule has 84 valence electrons. The molecule has 0 saturated heterocycles. The minimum Gasteiger partial charge on any atom is -0.350 e. The molecule has 0 saturated carbocycles. The highest BCUT2D eigenvalue weighted by molar-refractivity contribution is 5.88. The number of hydrogen-bond acceptors (Lipinski definition) is 1. The van der Waals surface area contributed by atoms with E-state index < -0.39 is 0 Å². The van der Waals surface area contributed by atoms with Gasteiger partial charge in [0.25, 0.3) is 0 Å². The van der Waals surface area contributed by atoms with Crippen LogP contribution in [-0.2, 0) is 4.79 Å². The molecule has 0 atom stereocenters. The Bertz CT molecular complexity index is 377. The van der Waals surface area contributed by atoms with Crippen LogP contribution in [0.2, 0.25) is 0 Å². The fourth-order valence-electron chi connectivity index (χ4n) is 1.21. The topological polar surface area (TPSA) is 29.1 Å². The zero-order valence-electron chi connectivity index (χ0n) is 9.68. The number of amides is 1. The molecule has 1 aromatic rings. The summed E-state index contributed by atoms with van der Waals surface area (Å²) in [5.41, 5.74) is 1.12. The summed E-state index contributed by atoms with van der Waals surface area (Å²) in [4.78, 5) is 11.2. The van der Waals surface area contributed by atoms with Crippen molar-refractivity contribution >= 4 is 12.0 Å². The number of benzene rings is 1. The smallest absolute Gasteiger partial charge is 0.244 e. The van der Waals surface area contributed by atoms with E-state index in [1.165, 1.54) is 6.08 Å². The van der Waals surface area contributed by atoms with Crippen LogP contribution in [0, 0.1) is 0 Å². The van der Waals surface area contributed by atoms with Gasteiger partial charge >= 0.3 is 0 Å². The Morgan fingerprint density at radius 2 is 1.88 bits per heavy atom. The van der Waals surface area contributed by atoms with Crippen molar-refractivity contribution in [1.82, 2.24) is 5.32 Å². The molecule has 1 N–H and O–H groups in total. The molecule has 2 nitrogen and oxygen atoms in total. The third kappa shape index (κ3) is 5.15. The Balaban J connectivity index is 2.42. The maximum Gasteiger partial charge on any atom is 0.244 e. The molecule has 0 heterocycles. The monoisotopic (exact) mass is 215 g/mol. The summed E-state index contributed by atoms with van der Waals surface area (Å²) in [5.74, 6) is -0.0623. The van der Waals surface area contributed by atoms with Gasteiger partial charge in [0, 0.05) is 12.1 Å². The lowest BCUT2D eigenvalue weighted by atomic mass is 10.2. The molecular formula is C14H17NO. The van der Waals surface area contributed by atoms with Crippen LogP contribution in [0.15, 0.2) is 48.6 Å². The lowest BCUT2D eigenvalue weighted by molar-refractivity contribution is -0.116. The van der Waals surface area contributed by atoms with Crippen molar-refractivity contribution in [3.63, 3.8) is 0 Å². The first kappa shape index (κ1) is 12.2. The van der Waals surface area contributed by atoms with Crippen LogP contribution in [0.1, 0.15) is 19.4 Å². The Morgan fingerprint density at radius 3 is 2.50 bits per heavy atom. The van der Waals surface area contributed by atoms with Gasteiger partial charge in [-0.25, -0.2) is 0 Å². The normalized spacial score (nSPS) is 11.4. The second-order valence-electron chi connectivity index (χ2n) is 3.79. The lowest BCUT2D eigenvalue weighted by Crippen LogP contribution is -2.28. The van der Waals surface area contributed by atoms with Gasteiger partial charge in [0.05, 0.1) is 0 Å². The third-order valence-corrected chi connectivity index (χ3v) is 1.88. The first-order valence-electron chi connectivity index (χ1n) is 5.39. The SMILES string of the molecule is CC(C)NC(=O)C=CC=Cc1ccccc1. The van der Waals surface area contributed by atoms with E-state index in [4.69, 9.17) is 0 Å². The summed E-state index contributed by atoms with van der Waals surface area (Å²) >= 11 is 0. The van der Waals surface area contributed by atoms with Gasteiger partial charge in [-0.2, -0.15) is 0 Å². The number of allylic oxidation sites excluding steroid dienone is 2. The number of hydrogen-bond donors (Lipinski definition) is 1. The van der Waals surface area contributed by atoms with E-state index in [2.05, 4.69) is 5.32 Å². The van der Waals surface area contributed by atoms with Gasteiger partial charge in [0.15, 0.2) is 0 Å². The van der Waals surface area contributed by atoms with Gasteiger partial charge in [0.1, 0.15) is 0 Å². The zero-order chi connectivity index (χ0) is 11.8. The van der Waals surface area contributed by atoms with E-state index >= 15 is 0 Å². The van der Waals surface area contributed by atoms with E-state index in [1.807, 2.05) is 56.3 Å². The van der Waals surface area contributed by atoms with Crippen LogP contribution in [0.5, 0.6) is 0 Å². The van der Waals surface area contributed by atoms with Crippen LogP contribution in [0.4, 0.5) is 0 Å². The molecule has 0 aliphatic carbocycles. The minimum absolute atomic E-state index is 0.0623. The summed E-state index contributed by atoms with van der Waals surface area (Å²) in [6.07, 6.45) is 7.08. The van der Waals surface area contributed by atoms with Gasteiger partial charge in [-0.3, -0.25) is 4.79 Å². The van der Waals surface area contributed by atoms with E-state index in [1.54, 1.807) is 6.08 Å². The van der Waals surface area contributed by atoms with Crippen LogP contribution in [0.3, 0.4) is 0 Å². The van der Waals surface area contributed by atoms with E-state index in [0.29, 0.717) is 0 Å². The number of carbonyl (C=O) groups is 1. The lowest BCUT2D eigenvalue weighted by Gasteiger charge is -2.03. The van der Waals surface area contributed by atoms with E-state index in [0.717, 1.165) is 5.56 Å². The number of rotatable bonds is 4. The third-order valence-electron chi connectivity index (χ3n) is 1.88. The van der Waals surface area contributed by atoms with E-state index in [9.17, 15) is 4.79 Å². The Labute approximate surface area is 96.7 Å². The summed E-state index contributed by atoms with van der Waals surface area (Å²) in [6, 6.07) is 10.1. The van der Waals surface area contributed by atoms with Gasteiger partial charge in [-0.15, -0.1) is 0 Å². The summed E-state index contributed by atoms with van der Waals surface area (Å²) in [5, 5.41) is 2.78. The standard InChI is InChI=1S/C14H17NO/c1-12(2)15-14(16)11-7-6-10-13-8-4-3-5-9-13/h3-12H,1-2H3,(H,15,16). The van der Waals surface area contributed by atoms with Crippen molar-refractivity contribution in [2.45, 2.75) is 19.9 Å². The van der Waals surface area contributed by atoms with Crippen molar-refractivity contribution in [2.75, 3.05) is 0 Å². The van der Waals surface area contributed by atoms with Crippen molar-refractivity contribution in [2.24, 2.45) is 0 Å². The number of nitrogens with one attached hydrogen (secondary N) is 1. The predicted octanol–water partition coefficient (Wildman–Crippen LogP) is 2.78. The Morgan fingerprint density at radius 1 is 1.19 bits per heavy atom. The minimum atomic E-state index is -0.0623. The van der Waals surface area contributed by atoms with Crippen molar-refractivity contribution in [1.29, 1.82) is 0 Å². The van der Waals surface area contributed by atoms with Crippen LogP contribution >= 0.6 is 0 Å². The fraction of sp³-hybridized carbons (Fsp3) is 0.214. The summed E-state index contributed by atoms with van der Waals surface area (Å²) in [7, 11) is 0. The van der Waals surface area contributed by atoms with Gasteiger partial charge in [-0.1, -0.05) is 48.6 Å². The summed E-state index contributed by atoms with van der Waals surface area (Å²) in [6.45, 7) is 3.87. The number of carbonyl (C=O) groups excluding carboxylic acids is 1. The molecule has 1 rings (SSSR count). The molecule has 0 aliphatic rings.